The number of rotatable bonds is 4. The SMILES string of the molecule is CC1=C(c2cnn(-c3ccc(C(=O)N4CC(N(C)C)C4)cn3)c2O)C=CC(C#N)C1. The van der Waals surface area contributed by atoms with Crippen molar-refractivity contribution in [1.82, 2.24) is 24.6 Å². The Morgan fingerprint density at radius 3 is 2.67 bits per heavy atom. The smallest absolute Gasteiger partial charge is 0.255 e. The van der Waals surface area contributed by atoms with Crippen LogP contribution in [0.25, 0.3) is 11.4 Å². The van der Waals surface area contributed by atoms with Crippen molar-refractivity contribution in [3.05, 3.63) is 53.4 Å². The molecule has 1 N–H and O–H groups in total. The number of likely N-dealkylation sites (N-methyl/N-ethyl adjacent to an activating group) is 1. The van der Waals surface area contributed by atoms with Crippen LogP contribution in [0.5, 0.6) is 5.88 Å². The minimum atomic E-state index is -0.142. The standard InChI is InChI=1S/C22H24N6O2/c1-14-8-15(9-23)4-6-18(14)19-11-25-28(22(19)30)20-7-5-16(10-24-20)21(29)27-12-17(13-27)26(2)3/h4-7,10-11,15,17,30H,8,12-13H2,1-3H3. The molecule has 0 radical (unpaired) electrons. The third kappa shape index (κ3) is 3.48. The van der Waals surface area contributed by atoms with Crippen molar-refractivity contribution >= 4 is 11.5 Å². The largest absolute Gasteiger partial charge is 0.493 e. The molecule has 30 heavy (non-hydrogen) atoms. The predicted molar refractivity (Wildman–Crippen MR) is 112 cm³/mol. The van der Waals surface area contributed by atoms with E-state index < -0.39 is 0 Å². The predicted octanol–water partition coefficient (Wildman–Crippen LogP) is 2.23. The third-order valence-corrected chi connectivity index (χ3v) is 5.77. The minimum absolute atomic E-state index is 0.0208. The summed E-state index contributed by atoms with van der Waals surface area (Å²) in [6, 6.07) is 6.02. The number of carbonyl (C=O) groups excluding carboxylic acids is 1. The topological polar surface area (TPSA) is 98.3 Å². The molecule has 2 aliphatic rings. The van der Waals surface area contributed by atoms with Crippen LogP contribution >= 0.6 is 0 Å². The van der Waals surface area contributed by atoms with Crippen molar-refractivity contribution in [2.24, 2.45) is 5.92 Å². The summed E-state index contributed by atoms with van der Waals surface area (Å²) in [5, 5.41) is 24.1. The molecule has 1 saturated heterocycles. The van der Waals surface area contributed by atoms with E-state index in [0.29, 0.717) is 42.5 Å². The molecule has 3 heterocycles. The van der Waals surface area contributed by atoms with E-state index in [1.165, 1.54) is 10.9 Å². The lowest BCUT2D eigenvalue weighted by molar-refractivity contribution is 0.0399. The van der Waals surface area contributed by atoms with E-state index in [1.807, 2.05) is 33.2 Å². The zero-order valence-electron chi connectivity index (χ0n) is 17.3. The van der Waals surface area contributed by atoms with E-state index in [1.54, 1.807) is 23.2 Å². The first kappa shape index (κ1) is 19.9. The molecule has 1 atom stereocenters. The number of hydrogen-bond donors (Lipinski definition) is 1. The Labute approximate surface area is 175 Å². The number of nitriles is 1. The van der Waals surface area contributed by atoms with Crippen molar-refractivity contribution in [3.8, 4) is 17.8 Å². The molecule has 0 bridgehead atoms. The van der Waals surface area contributed by atoms with Gasteiger partial charge < -0.3 is 14.9 Å². The first-order valence-electron chi connectivity index (χ1n) is 9.86. The fraction of sp³-hybridized carbons (Fsp3) is 0.364. The third-order valence-electron chi connectivity index (χ3n) is 5.77. The van der Waals surface area contributed by atoms with Crippen molar-refractivity contribution in [3.63, 3.8) is 0 Å². The van der Waals surface area contributed by atoms with E-state index in [9.17, 15) is 9.90 Å². The maximum Gasteiger partial charge on any atom is 0.255 e. The highest BCUT2D eigenvalue weighted by atomic mass is 16.3. The quantitative estimate of drug-likeness (QED) is 0.839. The highest BCUT2D eigenvalue weighted by Crippen LogP contribution is 2.35. The zero-order valence-corrected chi connectivity index (χ0v) is 17.3. The number of pyridine rings is 1. The van der Waals surface area contributed by atoms with Crippen molar-refractivity contribution in [1.29, 1.82) is 5.26 Å². The Morgan fingerprint density at radius 1 is 1.30 bits per heavy atom. The van der Waals surface area contributed by atoms with Gasteiger partial charge in [0, 0.05) is 25.3 Å². The molecular weight excluding hydrogens is 380 g/mol. The molecule has 1 aliphatic heterocycles. The van der Waals surface area contributed by atoms with E-state index in [0.717, 1.165) is 11.1 Å². The first-order valence-corrected chi connectivity index (χ1v) is 9.86. The molecule has 154 valence electrons. The van der Waals surface area contributed by atoms with Gasteiger partial charge in [-0.2, -0.15) is 15.0 Å². The first-order chi connectivity index (χ1) is 14.4. The van der Waals surface area contributed by atoms with E-state index in [-0.39, 0.29) is 17.7 Å². The van der Waals surface area contributed by atoms with Crippen LogP contribution in [0.15, 0.2) is 42.3 Å². The molecule has 1 unspecified atom stereocenters. The van der Waals surface area contributed by atoms with Gasteiger partial charge in [0.15, 0.2) is 5.82 Å². The van der Waals surface area contributed by atoms with E-state index >= 15 is 0 Å². The molecule has 2 aromatic rings. The second-order valence-electron chi connectivity index (χ2n) is 8.02. The maximum atomic E-state index is 12.6. The molecule has 1 amide bonds. The fourth-order valence-electron chi connectivity index (χ4n) is 3.74. The molecule has 2 aromatic heterocycles. The van der Waals surface area contributed by atoms with Gasteiger partial charge in [-0.25, -0.2) is 4.98 Å². The fourth-order valence-corrected chi connectivity index (χ4v) is 3.74. The van der Waals surface area contributed by atoms with Crippen LogP contribution in [0.2, 0.25) is 0 Å². The lowest BCUT2D eigenvalue weighted by Gasteiger charge is -2.42. The minimum Gasteiger partial charge on any atom is -0.493 e. The molecule has 0 spiro atoms. The van der Waals surface area contributed by atoms with Crippen molar-refractivity contribution < 1.29 is 9.90 Å². The van der Waals surface area contributed by atoms with Gasteiger partial charge in [0.05, 0.1) is 29.3 Å². The molecule has 0 aromatic carbocycles. The molecule has 8 heteroatoms. The summed E-state index contributed by atoms with van der Waals surface area (Å²) in [7, 11) is 4.02. The number of nitrogens with zero attached hydrogens (tertiary/aromatic N) is 6. The Bertz CT molecular complexity index is 1070. The molecule has 1 aliphatic carbocycles. The molecule has 4 rings (SSSR count). The second kappa shape index (κ2) is 7.76. The average molecular weight is 404 g/mol. The number of aromatic hydroxyl groups is 1. The lowest BCUT2D eigenvalue weighted by Crippen LogP contribution is -2.59. The monoisotopic (exact) mass is 404 g/mol. The molecular formula is C22H24N6O2. The van der Waals surface area contributed by atoms with Crippen molar-refractivity contribution in [2.45, 2.75) is 19.4 Å². The van der Waals surface area contributed by atoms with Gasteiger partial charge in [0.25, 0.3) is 5.91 Å². The van der Waals surface area contributed by atoms with Crippen molar-refractivity contribution in [2.75, 3.05) is 27.2 Å². The van der Waals surface area contributed by atoms with Gasteiger partial charge in [0.2, 0.25) is 5.88 Å². The van der Waals surface area contributed by atoms with Gasteiger partial charge >= 0.3 is 0 Å². The summed E-state index contributed by atoms with van der Waals surface area (Å²) >= 11 is 0. The van der Waals surface area contributed by atoms with Crippen LogP contribution in [-0.2, 0) is 0 Å². The maximum absolute atomic E-state index is 12.6. The zero-order chi connectivity index (χ0) is 21.4. The molecule has 1 fully saturated rings. The Balaban J connectivity index is 1.52. The van der Waals surface area contributed by atoms with Gasteiger partial charge in [0.1, 0.15) is 0 Å². The Morgan fingerprint density at radius 2 is 2.07 bits per heavy atom. The molecule has 8 nitrogen and oxygen atoms in total. The summed E-state index contributed by atoms with van der Waals surface area (Å²) < 4.78 is 1.35. The average Bonchev–Trinajstić information content (AvgIpc) is 3.07. The van der Waals surface area contributed by atoms with Gasteiger partial charge in [-0.15, -0.1) is 0 Å². The van der Waals surface area contributed by atoms with Crippen LogP contribution in [-0.4, -0.2) is 68.8 Å². The van der Waals surface area contributed by atoms with Crippen LogP contribution in [0.1, 0.15) is 29.3 Å². The van der Waals surface area contributed by atoms with Gasteiger partial charge in [-0.1, -0.05) is 17.7 Å². The Kier molecular flexibility index (Phi) is 5.14. The normalized spacial score (nSPS) is 19.2. The molecule has 0 saturated carbocycles. The summed E-state index contributed by atoms with van der Waals surface area (Å²) in [6.07, 6.45) is 7.44. The summed E-state index contributed by atoms with van der Waals surface area (Å²) in [6.45, 7) is 3.38. The summed E-state index contributed by atoms with van der Waals surface area (Å²) in [4.78, 5) is 20.8. The summed E-state index contributed by atoms with van der Waals surface area (Å²) in [5.74, 6) is 0.223. The number of hydrogen-bond acceptors (Lipinski definition) is 6. The van der Waals surface area contributed by atoms with Crippen LogP contribution in [0.4, 0.5) is 0 Å². The lowest BCUT2D eigenvalue weighted by atomic mass is 9.89. The second-order valence-corrected chi connectivity index (χ2v) is 8.02. The highest BCUT2D eigenvalue weighted by molar-refractivity contribution is 5.94. The van der Waals surface area contributed by atoms with Gasteiger partial charge in [-0.05, 0) is 45.1 Å². The number of aromatic nitrogens is 3. The Hall–Kier alpha value is -3.44. The highest BCUT2D eigenvalue weighted by Gasteiger charge is 2.32. The summed E-state index contributed by atoms with van der Waals surface area (Å²) in [5.41, 5.74) is 3.00. The van der Waals surface area contributed by atoms with Crippen LogP contribution < -0.4 is 0 Å². The van der Waals surface area contributed by atoms with Gasteiger partial charge in [-0.3, -0.25) is 4.79 Å². The van der Waals surface area contributed by atoms with E-state index in [4.69, 9.17) is 5.26 Å². The van der Waals surface area contributed by atoms with Crippen LogP contribution in [0, 0.1) is 17.2 Å². The van der Waals surface area contributed by atoms with Crippen LogP contribution in [0.3, 0.4) is 0 Å². The number of allylic oxidation sites excluding steroid dienone is 4. The number of amides is 1. The van der Waals surface area contributed by atoms with E-state index in [2.05, 4.69) is 21.1 Å². The number of carbonyl (C=O) groups is 1. The number of likely N-dealkylation sites (tertiary alicyclic amines) is 1.